The Morgan fingerprint density at radius 3 is 2.62 bits per heavy atom. The van der Waals surface area contributed by atoms with Crippen molar-refractivity contribution >= 4 is 35.0 Å². The van der Waals surface area contributed by atoms with Crippen LogP contribution in [0.2, 0.25) is 10.0 Å². The van der Waals surface area contributed by atoms with Crippen molar-refractivity contribution in [3.05, 3.63) is 33.8 Å². The first-order valence-electron chi connectivity index (χ1n) is 6.94. The summed E-state index contributed by atoms with van der Waals surface area (Å²) in [4.78, 5) is 24.9. The number of halogens is 2. The maximum Gasteiger partial charge on any atom is 0.239 e. The van der Waals surface area contributed by atoms with Crippen LogP contribution in [0, 0.1) is 0 Å². The zero-order chi connectivity index (χ0) is 15.4. The second-order valence-electron chi connectivity index (χ2n) is 5.27. The lowest BCUT2D eigenvalue weighted by atomic mass is 10.1. The Kier molecular flexibility index (Phi) is 5.48. The molecule has 0 heterocycles. The molecule has 0 bridgehead atoms. The molecule has 1 fully saturated rings. The third-order valence-corrected chi connectivity index (χ3v) is 3.98. The smallest absolute Gasteiger partial charge is 0.239 e. The zero-order valence-electron chi connectivity index (χ0n) is 11.9. The minimum atomic E-state index is -0.119. The molecule has 6 heteroatoms. The molecular formula is C15H18Cl2N2O2. The van der Waals surface area contributed by atoms with Crippen LogP contribution in [0.3, 0.4) is 0 Å². The van der Waals surface area contributed by atoms with Crippen LogP contribution in [-0.4, -0.2) is 35.8 Å². The molecular weight excluding hydrogens is 311 g/mol. The van der Waals surface area contributed by atoms with Gasteiger partial charge in [0.15, 0.2) is 0 Å². The highest BCUT2D eigenvalue weighted by molar-refractivity contribution is 6.35. The van der Waals surface area contributed by atoms with Crippen LogP contribution >= 0.6 is 23.2 Å². The van der Waals surface area contributed by atoms with E-state index >= 15 is 0 Å². The van der Waals surface area contributed by atoms with Gasteiger partial charge in [0.05, 0.1) is 6.54 Å². The first-order valence-corrected chi connectivity index (χ1v) is 7.70. The number of nitrogens with one attached hydrogen (secondary N) is 1. The highest BCUT2D eigenvalue weighted by Crippen LogP contribution is 2.21. The molecule has 0 unspecified atom stereocenters. The second kappa shape index (κ2) is 7.14. The molecule has 0 atom stereocenters. The molecule has 1 N–H and O–H groups in total. The van der Waals surface area contributed by atoms with Gasteiger partial charge in [-0.15, -0.1) is 0 Å². The molecule has 1 aliphatic carbocycles. The standard InChI is InChI=1S/C15H18Cl2N2O2/c1-10(20)19(9-15(21)18-13-4-5-13)7-6-11-2-3-12(16)8-14(11)17/h2-3,8,13H,4-7,9H2,1H3,(H,18,21). The Balaban J connectivity index is 1.89. The first-order chi connectivity index (χ1) is 9.95. The number of carbonyl (C=O) groups is 2. The Morgan fingerprint density at radius 2 is 2.05 bits per heavy atom. The maximum atomic E-state index is 11.8. The number of carbonyl (C=O) groups excluding carboxylic acids is 2. The van der Waals surface area contributed by atoms with Crippen LogP contribution in [0.1, 0.15) is 25.3 Å². The summed E-state index contributed by atoms with van der Waals surface area (Å²) in [6, 6.07) is 5.58. The summed E-state index contributed by atoms with van der Waals surface area (Å²) in [5.41, 5.74) is 0.912. The monoisotopic (exact) mass is 328 g/mol. The lowest BCUT2D eigenvalue weighted by Crippen LogP contribution is -2.41. The van der Waals surface area contributed by atoms with E-state index in [0.29, 0.717) is 29.1 Å². The molecule has 0 spiro atoms. The van der Waals surface area contributed by atoms with Gasteiger partial charge in [-0.05, 0) is 37.0 Å². The van der Waals surface area contributed by atoms with E-state index < -0.39 is 0 Å². The van der Waals surface area contributed by atoms with Crippen LogP contribution in [-0.2, 0) is 16.0 Å². The molecule has 114 valence electrons. The van der Waals surface area contributed by atoms with Crippen LogP contribution < -0.4 is 5.32 Å². The van der Waals surface area contributed by atoms with E-state index in [9.17, 15) is 9.59 Å². The zero-order valence-corrected chi connectivity index (χ0v) is 13.4. The molecule has 0 radical (unpaired) electrons. The molecule has 1 aromatic rings. The third kappa shape index (κ3) is 5.21. The number of amides is 2. The predicted molar refractivity (Wildman–Crippen MR) is 83.6 cm³/mol. The third-order valence-electron chi connectivity index (χ3n) is 3.39. The minimum absolute atomic E-state index is 0.0943. The Labute approximate surface area is 134 Å². The van der Waals surface area contributed by atoms with Gasteiger partial charge in [0.2, 0.25) is 11.8 Å². The van der Waals surface area contributed by atoms with Crippen molar-refractivity contribution in [1.82, 2.24) is 10.2 Å². The number of rotatable bonds is 6. The second-order valence-corrected chi connectivity index (χ2v) is 6.11. The quantitative estimate of drug-likeness (QED) is 0.872. The van der Waals surface area contributed by atoms with E-state index in [-0.39, 0.29) is 18.4 Å². The summed E-state index contributed by atoms with van der Waals surface area (Å²) in [5.74, 6) is -0.221. The van der Waals surface area contributed by atoms with Gasteiger partial charge in [0, 0.05) is 29.6 Å². The summed E-state index contributed by atoms with van der Waals surface area (Å²) < 4.78 is 0. The maximum absolute atomic E-state index is 11.8. The van der Waals surface area contributed by atoms with Crippen molar-refractivity contribution in [3.63, 3.8) is 0 Å². The van der Waals surface area contributed by atoms with E-state index in [0.717, 1.165) is 18.4 Å². The average Bonchev–Trinajstić information content (AvgIpc) is 3.19. The average molecular weight is 329 g/mol. The Morgan fingerprint density at radius 1 is 1.33 bits per heavy atom. The molecule has 0 aliphatic heterocycles. The first kappa shape index (κ1) is 16.1. The molecule has 0 saturated heterocycles. The van der Waals surface area contributed by atoms with E-state index in [1.165, 1.54) is 11.8 Å². The molecule has 0 aromatic heterocycles. The SMILES string of the molecule is CC(=O)N(CCc1ccc(Cl)cc1Cl)CC(=O)NC1CC1. The molecule has 1 saturated carbocycles. The van der Waals surface area contributed by atoms with Crippen molar-refractivity contribution in [3.8, 4) is 0 Å². The molecule has 2 amide bonds. The fraction of sp³-hybridized carbons (Fsp3) is 0.467. The topological polar surface area (TPSA) is 49.4 Å². The van der Waals surface area contributed by atoms with Crippen molar-refractivity contribution < 1.29 is 9.59 Å². The summed E-state index contributed by atoms with van der Waals surface area (Å²) in [6.45, 7) is 2.01. The van der Waals surface area contributed by atoms with Gasteiger partial charge in [-0.25, -0.2) is 0 Å². The van der Waals surface area contributed by atoms with E-state index in [2.05, 4.69) is 5.32 Å². The number of benzene rings is 1. The fourth-order valence-corrected chi connectivity index (χ4v) is 2.50. The summed E-state index contributed by atoms with van der Waals surface area (Å²) in [5, 5.41) is 4.04. The van der Waals surface area contributed by atoms with E-state index in [1.807, 2.05) is 6.07 Å². The molecule has 21 heavy (non-hydrogen) atoms. The van der Waals surface area contributed by atoms with E-state index in [1.54, 1.807) is 12.1 Å². The molecule has 1 aromatic carbocycles. The fourth-order valence-electron chi connectivity index (χ4n) is 2.00. The number of hydrogen-bond acceptors (Lipinski definition) is 2. The van der Waals surface area contributed by atoms with Gasteiger partial charge in [-0.1, -0.05) is 29.3 Å². The van der Waals surface area contributed by atoms with Gasteiger partial charge < -0.3 is 10.2 Å². The summed E-state index contributed by atoms with van der Waals surface area (Å²) in [6.07, 6.45) is 2.66. The predicted octanol–water partition coefficient (Wildman–Crippen LogP) is 2.66. The lowest BCUT2D eigenvalue weighted by molar-refractivity contribution is -0.134. The molecule has 1 aliphatic rings. The number of nitrogens with zero attached hydrogens (tertiary/aromatic N) is 1. The van der Waals surface area contributed by atoms with Gasteiger partial charge in [-0.3, -0.25) is 9.59 Å². The Hall–Kier alpha value is -1.26. The Bertz CT molecular complexity index is 544. The van der Waals surface area contributed by atoms with Crippen LogP contribution in [0.25, 0.3) is 0 Å². The van der Waals surface area contributed by atoms with E-state index in [4.69, 9.17) is 23.2 Å². The van der Waals surface area contributed by atoms with Crippen LogP contribution in [0.4, 0.5) is 0 Å². The summed E-state index contributed by atoms with van der Waals surface area (Å²) >= 11 is 12.0. The number of hydrogen-bond donors (Lipinski definition) is 1. The highest BCUT2D eigenvalue weighted by atomic mass is 35.5. The largest absolute Gasteiger partial charge is 0.352 e. The van der Waals surface area contributed by atoms with Gasteiger partial charge in [-0.2, -0.15) is 0 Å². The highest BCUT2D eigenvalue weighted by Gasteiger charge is 2.24. The van der Waals surface area contributed by atoms with Gasteiger partial charge >= 0.3 is 0 Å². The normalized spacial score (nSPS) is 13.9. The lowest BCUT2D eigenvalue weighted by Gasteiger charge is -2.20. The van der Waals surface area contributed by atoms with Gasteiger partial charge in [0.1, 0.15) is 0 Å². The van der Waals surface area contributed by atoms with Crippen molar-refractivity contribution in [1.29, 1.82) is 0 Å². The van der Waals surface area contributed by atoms with Crippen molar-refractivity contribution in [2.24, 2.45) is 0 Å². The molecule has 4 nitrogen and oxygen atoms in total. The minimum Gasteiger partial charge on any atom is -0.352 e. The van der Waals surface area contributed by atoms with Crippen molar-refractivity contribution in [2.75, 3.05) is 13.1 Å². The van der Waals surface area contributed by atoms with Crippen molar-refractivity contribution in [2.45, 2.75) is 32.2 Å². The van der Waals surface area contributed by atoms with Gasteiger partial charge in [0.25, 0.3) is 0 Å². The summed E-state index contributed by atoms with van der Waals surface area (Å²) in [7, 11) is 0. The van der Waals surface area contributed by atoms with Crippen LogP contribution in [0.5, 0.6) is 0 Å². The molecule has 2 rings (SSSR count). The van der Waals surface area contributed by atoms with Crippen LogP contribution in [0.15, 0.2) is 18.2 Å².